The summed E-state index contributed by atoms with van der Waals surface area (Å²) >= 11 is 1.66. The van der Waals surface area contributed by atoms with Crippen molar-refractivity contribution in [3.63, 3.8) is 0 Å². The molecule has 16 heavy (non-hydrogen) atoms. The second-order valence-electron chi connectivity index (χ2n) is 3.44. The fraction of sp³-hybridized carbons (Fsp3) is 0.500. The summed E-state index contributed by atoms with van der Waals surface area (Å²) in [7, 11) is 1.96. The summed E-state index contributed by atoms with van der Waals surface area (Å²) in [5, 5.41) is 7.45. The third-order valence-corrected chi connectivity index (χ3v) is 3.41. The summed E-state index contributed by atoms with van der Waals surface area (Å²) in [5.41, 5.74) is 1.85. The first-order valence-electron chi connectivity index (χ1n) is 5.27. The van der Waals surface area contributed by atoms with Gasteiger partial charge in [-0.3, -0.25) is 9.67 Å². The molecule has 0 saturated heterocycles. The van der Waals surface area contributed by atoms with Gasteiger partial charge in [-0.2, -0.15) is 5.10 Å². The molecule has 0 bridgehead atoms. The van der Waals surface area contributed by atoms with Crippen LogP contribution in [0, 0.1) is 0 Å². The van der Waals surface area contributed by atoms with E-state index in [9.17, 15) is 0 Å². The lowest BCUT2D eigenvalue weighted by atomic mass is 10.2. The molecular weight excluding hydrogens is 222 g/mol. The van der Waals surface area contributed by atoms with Crippen LogP contribution >= 0.6 is 11.3 Å². The van der Waals surface area contributed by atoms with Crippen molar-refractivity contribution >= 4 is 11.3 Å². The molecule has 0 aromatic carbocycles. The van der Waals surface area contributed by atoms with Crippen LogP contribution in [0.25, 0.3) is 0 Å². The fourth-order valence-corrected chi connectivity index (χ4v) is 2.37. The molecule has 0 saturated carbocycles. The average Bonchev–Trinajstić information content (AvgIpc) is 2.96. The van der Waals surface area contributed by atoms with E-state index in [0.717, 1.165) is 18.8 Å². The summed E-state index contributed by atoms with van der Waals surface area (Å²) in [6.07, 6.45) is 4.35. The molecule has 0 amide bonds. The van der Waals surface area contributed by atoms with Gasteiger partial charge in [-0.05, 0) is 14.0 Å². The first-order chi connectivity index (χ1) is 7.85. The third kappa shape index (κ3) is 2.28. The average molecular weight is 237 g/mol. The molecule has 0 aliphatic heterocycles. The largest absolute Gasteiger partial charge is 0.312 e. The molecule has 2 rings (SSSR count). The number of nitrogens with one attached hydrogen (secondary N) is 1. The van der Waals surface area contributed by atoms with Crippen molar-refractivity contribution < 1.29 is 0 Å². The topological polar surface area (TPSA) is 55.6 Å². The lowest BCUT2D eigenvalue weighted by Gasteiger charge is -2.13. The molecule has 5 nitrogen and oxygen atoms in total. The van der Waals surface area contributed by atoms with Crippen LogP contribution in [0.2, 0.25) is 0 Å². The van der Waals surface area contributed by atoms with E-state index in [0.29, 0.717) is 0 Å². The first kappa shape index (κ1) is 11.2. The van der Waals surface area contributed by atoms with Gasteiger partial charge in [0.2, 0.25) is 0 Å². The first-order valence-corrected chi connectivity index (χ1v) is 6.15. The Balaban J connectivity index is 2.13. The molecule has 6 heteroatoms. The van der Waals surface area contributed by atoms with Crippen LogP contribution in [0.1, 0.15) is 23.7 Å². The van der Waals surface area contributed by atoms with E-state index in [2.05, 4.69) is 27.3 Å². The van der Waals surface area contributed by atoms with E-state index in [1.54, 1.807) is 17.7 Å². The quantitative estimate of drug-likeness (QED) is 0.850. The minimum atomic E-state index is 0.266. The molecule has 0 spiro atoms. The molecule has 1 atom stereocenters. The van der Waals surface area contributed by atoms with Crippen molar-refractivity contribution in [3.8, 4) is 0 Å². The number of likely N-dealkylation sites (N-methyl/N-ethyl adjacent to an activating group) is 1. The van der Waals surface area contributed by atoms with Crippen molar-refractivity contribution in [2.24, 2.45) is 0 Å². The number of aromatic nitrogens is 4. The molecule has 0 aliphatic carbocycles. The van der Waals surface area contributed by atoms with Crippen molar-refractivity contribution in [1.82, 2.24) is 25.1 Å². The van der Waals surface area contributed by atoms with E-state index >= 15 is 0 Å². The van der Waals surface area contributed by atoms with Gasteiger partial charge in [0.1, 0.15) is 12.2 Å². The van der Waals surface area contributed by atoms with Crippen molar-refractivity contribution in [3.05, 3.63) is 28.7 Å². The molecule has 1 unspecified atom stereocenters. The summed E-state index contributed by atoms with van der Waals surface area (Å²) < 4.78 is 1.92. The molecule has 86 valence electrons. The van der Waals surface area contributed by atoms with E-state index in [4.69, 9.17) is 0 Å². The summed E-state index contributed by atoms with van der Waals surface area (Å²) in [5.74, 6) is 1.01. The number of hydrogen-bond acceptors (Lipinski definition) is 5. The fourth-order valence-electron chi connectivity index (χ4n) is 1.64. The summed E-state index contributed by atoms with van der Waals surface area (Å²) in [6, 6.07) is 0.266. The Morgan fingerprint density at radius 1 is 1.56 bits per heavy atom. The van der Waals surface area contributed by atoms with Gasteiger partial charge in [-0.1, -0.05) is 0 Å². The van der Waals surface area contributed by atoms with Gasteiger partial charge < -0.3 is 5.32 Å². The monoisotopic (exact) mass is 237 g/mol. The van der Waals surface area contributed by atoms with Crippen LogP contribution < -0.4 is 5.32 Å². The van der Waals surface area contributed by atoms with Crippen LogP contribution in [0.3, 0.4) is 0 Å². The maximum atomic E-state index is 4.28. The standard InChI is InChI=1S/C10H15N5S/c1-3-15-10(13-6-14-15)4-8(11-2)9-5-12-7-16-9/h5-8,11H,3-4H2,1-2H3. The number of rotatable bonds is 5. The van der Waals surface area contributed by atoms with E-state index in [-0.39, 0.29) is 6.04 Å². The van der Waals surface area contributed by atoms with Crippen molar-refractivity contribution in [1.29, 1.82) is 0 Å². The molecule has 2 aromatic rings. The SMILES string of the molecule is CCn1ncnc1CC(NC)c1cncs1. The Bertz CT molecular complexity index is 422. The maximum absolute atomic E-state index is 4.28. The lowest BCUT2D eigenvalue weighted by molar-refractivity contribution is 0.538. The van der Waals surface area contributed by atoms with Gasteiger partial charge in [0.15, 0.2) is 0 Å². The Labute approximate surface area is 98.5 Å². The Morgan fingerprint density at radius 3 is 3.06 bits per heavy atom. The molecular formula is C10H15N5S. The van der Waals surface area contributed by atoms with Crippen LogP contribution in [0.4, 0.5) is 0 Å². The minimum absolute atomic E-state index is 0.266. The Kier molecular flexibility index (Phi) is 3.63. The zero-order valence-electron chi connectivity index (χ0n) is 9.42. The summed E-state index contributed by atoms with van der Waals surface area (Å²) in [6.45, 7) is 2.92. The molecule has 1 N–H and O–H groups in total. The van der Waals surface area contributed by atoms with Crippen molar-refractivity contribution in [2.45, 2.75) is 25.9 Å². The second kappa shape index (κ2) is 5.18. The highest BCUT2D eigenvalue weighted by atomic mass is 32.1. The minimum Gasteiger partial charge on any atom is -0.312 e. The van der Waals surface area contributed by atoms with E-state index in [1.807, 2.05) is 23.4 Å². The molecule has 0 aliphatic rings. The number of hydrogen-bond donors (Lipinski definition) is 1. The summed E-state index contributed by atoms with van der Waals surface area (Å²) in [4.78, 5) is 9.61. The number of nitrogens with zero attached hydrogens (tertiary/aromatic N) is 4. The molecule has 0 fully saturated rings. The zero-order valence-corrected chi connectivity index (χ0v) is 10.2. The number of aryl methyl sites for hydroxylation is 1. The van der Waals surface area contributed by atoms with Crippen LogP contribution in [-0.4, -0.2) is 26.8 Å². The molecule has 2 aromatic heterocycles. The van der Waals surface area contributed by atoms with Gasteiger partial charge in [-0.25, -0.2) is 4.98 Å². The third-order valence-electron chi connectivity index (χ3n) is 2.53. The highest BCUT2D eigenvalue weighted by molar-refractivity contribution is 7.09. The van der Waals surface area contributed by atoms with E-state index in [1.165, 1.54) is 4.88 Å². The Hall–Kier alpha value is -1.27. The van der Waals surface area contributed by atoms with E-state index < -0.39 is 0 Å². The lowest BCUT2D eigenvalue weighted by Crippen LogP contribution is -2.20. The van der Waals surface area contributed by atoms with Crippen LogP contribution in [-0.2, 0) is 13.0 Å². The van der Waals surface area contributed by atoms with Crippen LogP contribution in [0.5, 0.6) is 0 Å². The predicted octanol–water partition coefficient (Wildman–Crippen LogP) is 1.26. The normalized spacial score (nSPS) is 12.9. The highest BCUT2D eigenvalue weighted by Crippen LogP contribution is 2.20. The predicted molar refractivity (Wildman–Crippen MR) is 63.3 cm³/mol. The maximum Gasteiger partial charge on any atom is 0.138 e. The zero-order chi connectivity index (χ0) is 11.4. The Morgan fingerprint density at radius 2 is 2.44 bits per heavy atom. The van der Waals surface area contributed by atoms with Gasteiger partial charge in [0.25, 0.3) is 0 Å². The molecule has 0 radical (unpaired) electrons. The van der Waals surface area contributed by atoms with Gasteiger partial charge in [0, 0.05) is 30.1 Å². The van der Waals surface area contributed by atoms with Gasteiger partial charge in [-0.15, -0.1) is 11.3 Å². The smallest absolute Gasteiger partial charge is 0.138 e. The van der Waals surface area contributed by atoms with Crippen molar-refractivity contribution in [2.75, 3.05) is 7.05 Å². The molecule has 2 heterocycles. The second-order valence-corrected chi connectivity index (χ2v) is 4.36. The van der Waals surface area contributed by atoms with Crippen LogP contribution in [0.15, 0.2) is 18.0 Å². The van der Waals surface area contributed by atoms with Gasteiger partial charge >= 0.3 is 0 Å². The van der Waals surface area contributed by atoms with Gasteiger partial charge in [0.05, 0.1) is 5.51 Å². The highest BCUT2D eigenvalue weighted by Gasteiger charge is 2.14. The number of thiazole rings is 1.